The Morgan fingerprint density at radius 2 is 1.89 bits per heavy atom. The van der Waals surface area contributed by atoms with E-state index < -0.39 is 6.61 Å². The summed E-state index contributed by atoms with van der Waals surface area (Å²) in [5.74, 6) is 1.22. The first-order valence-electron chi connectivity index (χ1n) is 11.8. The lowest BCUT2D eigenvalue weighted by molar-refractivity contribution is 0.0960. The van der Waals surface area contributed by atoms with Crippen LogP contribution in [0.4, 0.5) is 10.1 Å². The van der Waals surface area contributed by atoms with Crippen LogP contribution in [-0.2, 0) is 6.61 Å². The van der Waals surface area contributed by atoms with E-state index in [0.29, 0.717) is 50.0 Å². The second-order valence-electron chi connectivity index (χ2n) is 8.38. The van der Waals surface area contributed by atoms with E-state index in [-0.39, 0.29) is 22.7 Å². The third kappa shape index (κ3) is 5.51. The number of ether oxygens (including phenoxy) is 1. The van der Waals surface area contributed by atoms with E-state index in [4.69, 9.17) is 4.74 Å². The van der Waals surface area contributed by atoms with Gasteiger partial charge in [-0.05, 0) is 68.3 Å². The third-order valence-electron chi connectivity index (χ3n) is 5.68. The number of fused-ring (bicyclic) bond motifs is 1. The second kappa shape index (κ2) is 11.4. The van der Waals surface area contributed by atoms with Crippen LogP contribution in [-0.4, -0.2) is 27.9 Å². The third-order valence-corrected chi connectivity index (χ3v) is 7.47. The van der Waals surface area contributed by atoms with Gasteiger partial charge >= 0.3 is 0 Å². The average molecular weight is 542 g/mol. The fourth-order valence-corrected chi connectivity index (χ4v) is 5.48. The molecule has 0 aliphatic rings. The lowest BCUT2D eigenvalue weighted by Crippen LogP contribution is -2.21. The van der Waals surface area contributed by atoms with E-state index in [2.05, 4.69) is 10.0 Å². The van der Waals surface area contributed by atoms with Gasteiger partial charge in [-0.25, -0.2) is 4.39 Å². The molecule has 37 heavy (non-hydrogen) atoms. The molecule has 4 aromatic rings. The van der Waals surface area contributed by atoms with Crippen LogP contribution in [0, 0.1) is 19.7 Å². The Morgan fingerprint density at radius 1 is 1.16 bits per heavy atom. The molecule has 0 aliphatic heterocycles. The van der Waals surface area contributed by atoms with Crippen molar-refractivity contribution >= 4 is 45.1 Å². The summed E-state index contributed by atoms with van der Waals surface area (Å²) < 4.78 is 25.7. The molecule has 4 rings (SSSR count). The van der Waals surface area contributed by atoms with Crippen molar-refractivity contribution < 1.29 is 19.0 Å². The van der Waals surface area contributed by atoms with Crippen molar-refractivity contribution in [1.82, 2.24) is 9.88 Å². The van der Waals surface area contributed by atoms with E-state index in [1.54, 1.807) is 36.7 Å². The van der Waals surface area contributed by atoms with Gasteiger partial charge in [0.25, 0.3) is 5.91 Å². The van der Waals surface area contributed by atoms with Gasteiger partial charge in [0.1, 0.15) is 11.6 Å². The van der Waals surface area contributed by atoms with Crippen LogP contribution in [0.15, 0.2) is 47.4 Å². The molecule has 7 nitrogen and oxygen atoms in total. The number of thiophene rings is 1. The fraction of sp³-hybridized carbons (Fsp3) is 0.259. The highest BCUT2D eigenvalue weighted by Crippen LogP contribution is 2.37. The highest BCUT2D eigenvalue weighted by molar-refractivity contribution is 8.00. The molecule has 2 aromatic carbocycles. The van der Waals surface area contributed by atoms with Crippen LogP contribution in [0.2, 0.25) is 0 Å². The van der Waals surface area contributed by atoms with E-state index in [1.165, 1.54) is 24.1 Å². The van der Waals surface area contributed by atoms with Gasteiger partial charge in [0.05, 0.1) is 27.4 Å². The van der Waals surface area contributed by atoms with Crippen LogP contribution < -0.4 is 20.2 Å². The molecule has 0 unspecified atom stereocenters. The van der Waals surface area contributed by atoms with Crippen molar-refractivity contribution in [3.05, 3.63) is 80.2 Å². The number of hydrogen-bond donors (Lipinski definition) is 3. The van der Waals surface area contributed by atoms with E-state index in [0.717, 1.165) is 22.8 Å². The standard InChI is InChI=1S/C27H28FN3O4S2/c1-5-29-27(34)23-12-21-26(37-23)24(33)17(14-32)13-31(21)20-11-19(30-36-6-2)7-8-22(20)35-25-15(3)9-18(28)10-16(25)4/h7-13,30,32H,5-6,14H2,1-4H3,(H,29,34). The first-order chi connectivity index (χ1) is 17.8. The SMILES string of the molecule is CCNC(=O)c1cc2c(s1)c(=O)c(CO)cn2-c1cc(NSCC)ccc1Oc1c(C)cc(F)cc1C. The summed E-state index contributed by atoms with van der Waals surface area (Å²) in [6.45, 7) is 7.40. The van der Waals surface area contributed by atoms with Crippen molar-refractivity contribution in [2.24, 2.45) is 0 Å². The predicted octanol–water partition coefficient (Wildman–Crippen LogP) is 5.92. The summed E-state index contributed by atoms with van der Waals surface area (Å²) in [4.78, 5) is 26.0. The van der Waals surface area contributed by atoms with Crippen LogP contribution in [0.1, 0.15) is 40.2 Å². The maximum atomic E-state index is 13.9. The zero-order chi connectivity index (χ0) is 26.7. The molecule has 0 bridgehead atoms. The number of halogens is 1. The minimum Gasteiger partial charge on any atom is -0.455 e. The Morgan fingerprint density at radius 3 is 2.54 bits per heavy atom. The Bertz CT molecular complexity index is 1510. The van der Waals surface area contributed by atoms with Gasteiger partial charge in [0, 0.05) is 29.7 Å². The Kier molecular flexibility index (Phi) is 8.21. The lowest BCUT2D eigenvalue weighted by Gasteiger charge is -2.19. The maximum absolute atomic E-state index is 13.9. The number of hydrogen-bond acceptors (Lipinski definition) is 7. The van der Waals surface area contributed by atoms with Crippen molar-refractivity contribution in [2.75, 3.05) is 17.0 Å². The van der Waals surface area contributed by atoms with Crippen LogP contribution in [0.3, 0.4) is 0 Å². The number of pyridine rings is 1. The van der Waals surface area contributed by atoms with Crippen LogP contribution in [0.25, 0.3) is 15.9 Å². The molecule has 0 saturated heterocycles. The van der Waals surface area contributed by atoms with Gasteiger partial charge < -0.3 is 24.4 Å². The van der Waals surface area contributed by atoms with Gasteiger partial charge in [-0.1, -0.05) is 18.9 Å². The molecule has 2 heterocycles. The maximum Gasteiger partial charge on any atom is 0.261 e. The molecule has 1 amide bonds. The number of aliphatic hydroxyl groups excluding tert-OH is 1. The number of nitrogens with zero attached hydrogens (tertiary/aromatic N) is 1. The van der Waals surface area contributed by atoms with Crippen molar-refractivity contribution in [1.29, 1.82) is 0 Å². The number of nitrogens with one attached hydrogen (secondary N) is 2. The fourth-order valence-electron chi connectivity index (χ4n) is 4.00. The molecule has 3 N–H and O–H groups in total. The molecule has 10 heteroatoms. The van der Waals surface area contributed by atoms with Crippen molar-refractivity contribution in [2.45, 2.75) is 34.3 Å². The molecular formula is C27H28FN3O4S2. The first-order valence-corrected chi connectivity index (χ1v) is 13.6. The summed E-state index contributed by atoms with van der Waals surface area (Å²) in [7, 11) is 0. The number of amides is 1. The highest BCUT2D eigenvalue weighted by Gasteiger charge is 2.20. The Hall–Kier alpha value is -3.34. The van der Waals surface area contributed by atoms with E-state index in [9.17, 15) is 19.1 Å². The number of benzene rings is 2. The quantitative estimate of drug-likeness (QED) is 0.228. The van der Waals surface area contributed by atoms with Gasteiger partial charge in [0.2, 0.25) is 5.43 Å². The van der Waals surface area contributed by atoms with E-state index in [1.807, 2.05) is 26.0 Å². The predicted molar refractivity (Wildman–Crippen MR) is 149 cm³/mol. The first kappa shape index (κ1) is 26.7. The molecular weight excluding hydrogens is 513 g/mol. The van der Waals surface area contributed by atoms with Crippen molar-refractivity contribution in [3.8, 4) is 17.2 Å². The highest BCUT2D eigenvalue weighted by atomic mass is 32.2. The molecule has 0 saturated carbocycles. The molecule has 2 aromatic heterocycles. The zero-order valence-electron chi connectivity index (χ0n) is 21.0. The van der Waals surface area contributed by atoms with Crippen LogP contribution >= 0.6 is 23.3 Å². The average Bonchev–Trinajstić information content (AvgIpc) is 3.32. The molecule has 0 atom stereocenters. The smallest absolute Gasteiger partial charge is 0.261 e. The number of aryl methyl sites for hydroxylation is 2. The number of rotatable bonds is 9. The monoisotopic (exact) mass is 541 g/mol. The van der Waals surface area contributed by atoms with Gasteiger partial charge in [-0.3, -0.25) is 9.59 Å². The summed E-state index contributed by atoms with van der Waals surface area (Å²) >= 11 is 2.61. The topological polar surface area (TPSA) is 92.6 Å². The minimum absolute atomic E-state index is 0.193. The lowest BCUT2D eigenvalue weighted by atomic mass is 10.1. The van der Waals surface area contributed by atoms with Gasteiger partial charge in [-0.2, -0.15) is 0 Å². The minimum atomic E-state index is -0.459. The van der Waals surface area contributed by atoms with Gasteiger partial charge in [0.15, 0.2) is 5.75 Å². The summed E-state index contributed by atoms with van der Waals surface area (Å²) in [6.07, 6.45) is 1.57. The number of carbonyl (C=O) groups is 1. The number of carbonyl (C=O) groups excluding carboxylic acids is 1. The Balaban J connectivity index is 1.97. The second-order valence-corrected chi connectivity index (χ2v) is 10.5. The van der Waals surface area contributed by atoms with Crippen LogP contribution in [0.5, 0.6) is 11.5 Å². The molecule has 0 spiro atoms. The molecule has 194 valence electrons. The summed E-state index contributed by atoms with van der Waals surface area (Å²) in [6, 6.07) is 10.0. The molecule has 0 radical (unpaired) electrons. The summed E-state index contributed by atoms with van der Waals surface area (Å²) in [5, 5.41) is 12.7. The molecule has 0 fully saturated rings. The van der Waals surface area contributed by atoms with Gasteiger partial charge in [-0.15, -0.1) is 11.3 Å². The van der Waals surface area contributed by atoms with E-state index >= 15 is 0 Å². The number of aromatic nitrogens is 1. The largest absolute Gasteiger partial charge is 0.455 e. The Labute approximate surface area is 222 Å². The summed E-state index contributed by atoms with van der Waals surface area (Å²) in [5.41, 5.74) is 3.06. The van der Waals surface area contributed by atoms with Crippen molar-refractivity contribution in [3.63, 3.8) is 0 Å². The number of anilines is 1. The number of aliphatic hydroxyl groups is 1. The normalized spacial score (nSPS) is 11.1. The zero-order valence-corrected chi connectivity index (χ0v) is 22.6. The molecule has 0 aliphatic carbocycles.